The van der Waals surface area contributed by atoms with Crippen LogP contribution in [0.2, 0.25) is 0 Å². The third kappa shape index (κ3) is 1.93. The summed E-state index contributed by atoms with van der Waals surface area (Å²) >= 11 is 0. The van der Waals surface area contributed by atoms with E-state index in [-0.39, 0.29) is 0 Å². The molecule has 0 aliphatic heterocycles. The number of pyridine rings is 1. The predicted molar refractivity (Wildman–Crippen MR) is 58.0 cm³/mol. The maximum absolute atomic E-state index is 11.2. The average Bonchev–Trinajstić information content (AvgIpc) is 2.77. The summed E-state index contributed by atoms with van der Waals surface area (Å²) in [7, 11) is 1.31. The highest BCUT2D eigenvalue weighted by Crippen LogP contribution is 2.14. The molecule has 5 heteroatoms. The van der Waals surface area contributed by atoms with Crippen LogP contribution in [-0.2, 0) is 4.74 Å². The number of nitrogens with zero attached hydrogens (tertiary/aromatic N) is 3. The topological polar surface area (TPSA) is 57.0 Å². The first-order valence-corrected chi connectivity index (χ1v) is 4.79. The molecule has 0 saturated carbocycles. The normalized spacial score (nSPS) is 10.1. The lowest BCUT2D eigenvalue weighted by atomic mass is 10.2. The van der Waals surface area contributed by atoms with E-state index in [1.165, 1.54) is 7.11 Å². The fourth-order valence-electron chi connectivity index (χ4n) is 1.34. The number of methoxy groups -OCH3 is 1. The Morgan fingerprint density at radius 1 is 1.31 bits per heavy atom. The number of hydrogen-bond donors (Lipinski definition) is 0. The molecule has 5 nitrogen and oxygen atoms in total. The fourth-order valence-corrected chi connectivity index (χ4v) is 1.34. The SMILES string of the molecule is COC(=O)n1ccc(-c2cccc(C)n2)n1. The molecule has 0 saturated heterocycles. The molecule has 0 spiro atoms. The van der Waals surface area contributed by atoms with Gasteiger partial charge in [0.15, 0.2) is 0 Å². The molecule has 2 heterocycles. The highest BCUT2D eigenvalue weighted by molar-refractivity contribution is 5.70. The van der Waals surface area contributed by atoms with Gasteiger partial charge in [0.05, 0.1) is 12.8 Å². The molecule has 2 aromatic heterocycles. The fraction of sp³-hybridized carbons (Fsp3) is 0.182. The second-order valence-corrected chi connectivity index (χ2v) is 3.28. The van der Waals surface area contributed by atoms with Crippen molar-refractivity contribution in [3.8, 4) is 11.4 Å². The van der Waals surface area contributed by atoms with Gasteiger partial charge >= 0.3 is 6.09 Å². The van der Waals surface area contributed by atoms with E-state index in [2.05, 4.69) is 14.8 Å². The van der Waals surface area contributed by atoms with Crippen molar-refractivity contribution in [3.05, 3.63) is 36.2 Å². The quantitative estimate of drug-likeness (QED) is 0.731. The van der Waals surface area contributed by atoms with Crippen molar-refractivity contribution in [1.29, 1.82) is 0 Å². The van der Waals surface area contributed by atoms with Gasteiger partial charge in [-0.15, -0.1) is 0 Å². The summed E-state index contributed by atoms with van der Waals surface area (Å²) in [4.78, 5) is 15.5. The molecule has 0 fully saturated rings. The van der Waals surface area contributed by atoms with Gasteiger partial charge in [0, 0.05) is 11.9 Å². The van der Waals surface area contributed by atoms with E-state index in [0.29, 0.717) is 5.69 Å². The Hall–Kier alpha value is -2.17. The lowest BCUT2D eigenvalue weighted by molar-refractivity contribution is 0.169. The van der Waals surface area contributed by atoms with Gasteiger partial charge < -0.3 is 4.74 Å². The van der Waals surface area contributed by atoms with Crippen molar-refractivity contribution in [2.24, 2.45) is 0 Å². The van der Waals surface area contributed by atoms with Gasteiger partial charge in [0.2, 0.25) is 0 Å². The molecule has 0 unspecified atom stereocenters. The van der Waals surface area contributed by atoms with E-state index in [4.69, 9.17) is 0 Å². The van der Waals surface area contributed by atoms with Gasteiger partial charge in [-0.1, -0.05) is 6.07 Å². The van der Waals surface area contributed by atoms with Crippen molar-refractivity contribution in [3.63, 3.8) is 0 Å². The Labute approximate surface area is 92.7 Å². The number of aryl methyl sites for hydroxylation is 1. The molecule has 0 radical (unpaired) electrons. The minimum atomic E-state index is -0.515. The first-order valence-electron chi connectivity index (χ1n) is 4.79. The molecular weight excluding hydrogens is 206 g/mol. The number of rotatable bonds is 1. The Balaban J connectivity index is 2.35. The summed E-state index contributed by atoms with van der Waals surface area (Å²) in [5.74, 6) is 0. The first-order chi connectivity index (χ1) is 7.70. The van der Waals surface area contributed by atoms with Crippen LogP contribution in [0.5, 0.6) is 0 Å². The third-order valence-corrected chi connectivity index (χ3v) is 2.10. The Morgan fingerprint density at radius 2 is 2.12 bits per heavy atom. The Bertz CT molecular complexity index is 519. The third-order valence-electron chi connectivity index (χ3n) is 2.10. The number of ether oxygens (including phenoxy) is 1. The number of hydrogen-bond acceptors (Lipinski definition) is 4. The zero-order valence-corrected chi connectivity index (χ0v) is 9.04. The van der Waals surface area contributed by atoms with Crippen LogP contribution in [0.1, 0.15) is 5.69 Å². The maximum Gasteiger partial charge on any atom is 0.434 e. The summed E-state index contributed by atoms with van der Waals surface area (Å²) in [5, 5.41) is 4.07. The predicted octanol–water partition coefficient (Wildman–Crippen LogP) is 1.87. The van der Waals surface area contributed by atoms with E-state index < -0.39 is 6.09 Å². The summed E-state index contributed by atoms with van der Waals surface area (Å²) in [5.41, 5.74) is 2.29. The molecule has 2 rings (SSSR count). The molecule has 0 atom stereocenters. The highest BCUT2D eigenvalue weighted by Gasteiger charge is 2.08. The van der Waals surface area contributed by atoms with E-state index >= 15 is 0 Å². The van der Waals surface area contributed by atoms with Gasteiger partial charge in [-0.2, -0.15) is 9.78 Å². The standard InChI is InChI=1S/C11H11N3O2/c1-8-4-3-5-9(12-8)10-6-7-14(13-10)11(15)16-2/h3-7H,1-2H3. The van der Waals surface area contributed by atoms with Crippen molar-refractivity contribution >= 4 is 6.09 Å². The molecule has 2 aromatic rings. The van der Waals surface area contributed by atoms with Gasteiger partial charge in [-0.05, 0) is 25.1 Å². The molecule has 0 aromatic carbocycles. The van der Waals surface area contributed by atoms with E-state index in [9.17, 15) is 4.79 Å². The van der Waals surface area contributed by atoms with E-state index in [0.717, 1.165) is 16.1 Å². The van der Waals surface area contributed by atoms with Crippen LogP contribution in [0.4, 0.5) is 4.79 Å². The molecule has 0 N–H and O–H groups in total. The van der Waals surface area contributed by atoms with Crippen LogP contribution in [0.15, 0.2) is 30.5 Å². The molecule has 0 aliphatic carbocycles. The van der Waals surface area contributed by atoms with Crippen molar-refractivity contribution in [2.45, 2.75) is 6.92 Å². The molecule has 16 heavy (non-hydrogen) atoms. The smallest absolute Gasteiger partial charge is 0.434 e. The molecule has 0 bridgehead atoms. The van der Waals surface area contributed by atoms with Crippen LogP contribution in [0, 0.1) is 6.92 Å². The van der Waals surface area contributed by atoms with Crippen LogP contribution >= 0.6 is 0 Å². The van der Waals surface area contributed by atoms with Gasteiger partial charge in [-0.3, -0.25) is 4.98 Å². The summed E-state index contributed by atoms with van der Waals surface area (Å²) in [6.07, 6.45) is 1.03. The zero-order chi connectivity index (χ0) is 11.5. The van der Waals surface area contributed by atoms with Crippen molar-refractivity contribution in [2.75, 3.05) is 7.11 Å². The average molecular weight is 217 g/mol. The van der Waals surface area contributed by atoms with Crippen molar-refractivity contribution < 1.29 is 9.53 Å². The molecule has 0 aliphatic rings. The van der Waals surface area contributed by atoms with Gasteiger partial charge in [-0.25, -0.2) is 4.79 Å². The minimum absolute atomic E-state index is 0.515. The van der Waals surface area contributed by atoms with Crippen LogP contribution < -0.4 is 0 Å². The summed E-state index contributed by atoms with van der Waals surface area (Å²) < 4.78 is 5.69. The van der Waals surface area contributed by atoms with Gasteiger partial charge in [0.25, 0.3) is 0 Å². The first kappa shape index (κ1) is 10.4. The number of carbonyl (C=O) groups is 1. The molecule has 0 amide bonds. The van der Waals surface area contributed by atoms with Crippen molar-refractivity contribution in [1.82, 2.24) is 14.8 Å². The Kier molecular flexibility index (Phi) is 2.68. The maximum atomic E-state index is 11.2. The Morgan fingerprint density at radius 3 is 2.81 bits per heavy atom. The second-order valence-electron chi connectivity index (χ2n) is 3.28. The summed E-state index contributed by atoms with van der Waals surface area (Å²) in [6, 6.07) is 7.37. The van der Waals surface area contributed by atoms with Crippen LogP contribution in [0.25, 0.3) is 11.4 Å². The van der Waals surface area contributed by atoms with E-state index in [1.54, 1.807) is 12.3 Å². The molecule has 82 valence electrons. The monoisotopic (exact) mass is 217 g/mol. The van der Waals surface area contributed by atoms with Crippen LogP contribution in [0.3, 0.4) is 0 Å². The number of carbonyl (C=O) groups excluding carboxylic acids is 1. The number of aromatic nitrogens is 3. The van der Waals surface area contributed by atoms with Crippen LogP contribution in [-0.4, -0.2) is 28.0 Å². The zero-order valence-electron chi connectivity index (χ0n) is 9.04. The lowest BCUT2D eigenvalue weighted by Crippen LogP contribution is -2.11. The minimum Gasteiger partial charge on any atom is -0.451 e. The lowest BCUT2D eigenvalue weighted by Gasteiger charge is -1.98. The molecular formula is C11H11N3O2. The second kappa shape index (κ2) is 4.14. The largest absolute Gasteiger partial charge is 0.451 e. The highest BCUT2D eigenvalue weighted by atomic mass is 16.5. The van der Waals surface area contributed by atoms with E-state index in [1.807, 2.05) is 25.1 Å². The summed E-state index contributed by atoms with van der Waals surface area (Å²) in [6.45, 7) is 1.90. The van der Waals surface area contributed by atoms with Gasteiger partial charge in [0.1, 0.15) is 5.69 Å².